The Bertz CT molecular complexity index is 1130. The fourth-order valence-corrected chi connectivity index (χ4v) is 5.91. The van der Waals surface area contributed by atoms with Crippen molar-refractivity contribution in [1.29, 1.82) is 0 Å². The van der Waals surface area contributed by atoms with E-state index in [1.807, 2.05) is 41.3 Å². The number of nitrogens with zero attached hydrogens (tertiary/aromatic N) is 2. The van der Waals surface area contributed by atoms with Crippen LogP contribution in [-0.2, 0) is 27.4 Å². The third kappa shape index (κ3) is 7.22. The summed E-state index contributed by atoms with van der Waals surface area (Å²) in [6.45, 7) is 4.02. The molecule has 8 heteroatoms. The zero-order valence-electron chi connectivity index (χ0n) is 23.4. The molecule has 1 spiro atoms. The predicted octanol–water partition coefficient (Wildman–Crippen LogP) is 3.90. The minimum atomic E-state index is -0.719. The zero-order valence-corrected chi connectivity index (χ0v) is 23.4. The van der Waals surface area contributed by atoms with Crippen LogP contribution in [0.5, 0.6) is 0 Å². The molecule has 40 heavy (non-hydrogen) atoms. The molecule has 3 fully saturated rings. The van der Waals surface area contributed by atoms with E-state index >= 15 is 0 Å². The van der Waals surface area contributed by atoms with Crippen LogP contribution in [0, 0.1) is 5.92 Å². The molecule has 5 rings (SSSR count). The second-order valence-electron chi connectivity index (χ2n) is 11.5. The molecule has 2 aliphatic heterocycles. The Morgan fingerprint density at radius 3 is 2.30 bits per heavy atom. The van der Waals surface area contributed by atoms with E-state index in [4.69, 9.17) is 4.74 Å². The molecule has 1 atom stereocenters. The topological polar surface area (TPSA) is 91.0 Å². The van der Waals surface area contributed by atoms with Crippen LogP contribution in [0.3, 0.4) is 0 Å². The molecular weight excluding hydrogens is 504 g/mol. The Morgan fingerprint density at radius 1 is 0.950 bits per heavy atom. The van der Waals surface area contributed by atoms with Crippen LogP contribution in [-0.4, -0.2) is 72.0 Å². The molecule has 0 aromatic heterocycles. The summed E-state index contributed by atoms with van der Waals surface area (Å²) >= 11 is 0. The van der Waals surface area contributed by atoms with Crippen LogP contribution in [0.25, 0.3) is 0 Å². The maximum absolute atomic E-state index is 13.7. The first-order valence-corrected chi connectivity index (χ1v) is 14.9. The Kier molecular flexibility index (Phi) is 9.37. The molecular formula is C32H42N4O4. The van der Waals surface area contributed by atoms with Gasteiger partial charge in [0.25, 0.3) is 0 Å². The normalized spacial score (nSPS) is 20.8. The number of unbranched alkanes of at least 4 members (excludes halogenated alkanes) is 1. The SMILES string of the molecule is O=C(NCCCC[C@@H]1NC(=O)C2(CCN(CCc3ccccc3)CC2)N(CC2CC2)C1=O)OCc1ccccc1. The highest BCUT2D eigenvalue weighted by molar-refractivity contribution is 6.00. The van der Waals surface area contributed by atoms with Gasteiger partial charge in [0.15, 0.2) is 0 Å². The second kappa shape index (κ2) is 13.3. The van der Waals surface area contributed by atoms with E-state index in [2.05, 4.69) is 39.8 Å². The summed E-state index contributed by atoms with van der Waals surface area (Å²) in [5.41, 5.74) is 1.55. The van der Waals surface area contributed by atoms with Crippen LogP contribution >= 0.6 is 0 Å². The summed E-state index contributed by atoms with van der Waals surface area (Å²) in [4.78, 5) is 43.7. The predicted molar refractivity (Wildman–Crippen MR) is 153 cm³/mol. The van der Waals surface area contributed by atoms with Crippen molar-refractivity contribution in [3.05, 3.63) is 71.8 Å². The molecule has 1 saturated carbocycles. The van der Waals surface area contributed by atoms with Gasteiger partial charge in [-0.05, 0) is 68.4 Å². The van der Waals surface area contributed by atoms with E-state index in [9.17, 15) is 14.4 Å². The molecule has 3 amide bonds. The summed E-state index contributed by atoms with van der Waals surface area (Å²) in [6.07, 6.45) is 6.22. The van der Waals surface area contributed by atoms with Crippen molar-refractivity contribution in [3.63, 3.8) is 0 Å². The number of likely N-dealkylation sites (tertiary alicyclic amines) is 1. The van der Waals surface area contributed by atoms with Crippen molar-refractivity contribution in [2.75, 3.05) is 32.7 Å². The second-order valence-corrected chi connectivity index (χ2v) is 11.5. The first-order chi connectivity index (χ1) is 19.5. The average Bonchev–Trinajstić information content (AvgIpc) is 3.82. The third-order valence-corrected chi connectivity index (χ3v) is 8.59. The third-order valence-electron chi connectivity index (χ3n) is 8.59. The largest absolute Gasteiger partial charge is 0.445 e. The van der Waals surface area contributed by atoms with Gasteiger partial charge < -0.3 is 25.2 Å². The van der Waals surface area contributed by atoms with Crippen molar-refractivity contribution in [2.45, 2.75) is 69.6 Å². The standard InChI is InChI=1S/C32H42N4O4/c37-29-28(13-7-8-19-33-31(39)40-24-27-11-5-2-6-12-27)34-30(38)32(36(29)23-26-14-15-26)17-21-35(22-18-32)20-16-25-9-3-1-4-10-25/h1-6,9-12,26,28H,7-8,13-24H2,(H,33,39)(H,34,38)/t28-/m0/s1. The Morgan fingerprint density at radius 2 is 1.62 bits per heavy atom. The lowest BCUT2D eigenvalue weighted by atomic mass is 9.81. The van der Waals surface area contributed by atoms with Gasteiger partial charge in [-0.25, -0.2) is 4.79 Å². The number of amides is 3. The lowest BCUT2D eigenvalue weighted by Crippen LogP contribution is -2.73. The average molecular weight is 547 g/mol. The van der Waals surface area contributed by atoms with Crippen LogP contribution in [0.2, 0.25) is 0 Å². The molecule has 8 nitrogen and oxygen atoms in total. The van der Waals surface area contributed by atoms with Gasteiger partial charge in [-0.3, -0.25) is 9.59 Å². The highest BCUT2D eigenvalue weighted by atomic mass is 16.5. The number of alkyl carbamates (subject to hydrolysis) is 1. The summed E-state index contributed by atoms with van der Waals surface area (Å²) < 4.78 is 5.25. The fraction of sp³-hybridized carbons (Fsp3) is 0.531. The number of hydrogen-bond donors (Lipinski definition) is 2. The molecule has 2 N–H and O–H groups in total. The molecule has 214 valence electrons. The summed E-state index contributed by atoms with van der Waals surface area (Å²) in [5.74, 6) is 0.608. The number of benzene rings is 2. The summed E-state index contributed by atoms with van der Waals surface area (Å²) in [6, 6.07) is 19.6. The summed E-state index contributed by atoms with van der Waals surface area (Å²) in [5, 5.41) is 5.88. The van der Waals surface area contributed by atoms with E-state index in [0.29, 0.717) is 44.7 Å². The molecule has 2 aromatic carbocycles. The van der Waals surface area contributed by atoms with E-state index in [0.717, 1.165) is 50.9 Å². The number of piperazine rings is 1. The quantitative estimate of drug-likeness (QED) is 0.394. The van der Waals surface area contributed by atoms with Gasteiger partial charge in [0.05, 0.1) is 0 Å². The minimum Gasteiger partial charge on any atom is -0.445 e. The lowest BCUT2D eigenvalue weighted by Gasteiger charge is -2.52. The highest BCUT2D eigenvalue weighted by Crippen LogP contribution is 2.38. The molecule has 0 unspecified atom stereocenters. The Balaban J connectivity index is 1.07. The number of hydrogen-bond acceptors (Lipinski definition) is 5. The number of ether oxygens (including phenoxy) is 1. The smallest absolute Gasteiger partial charge is 0.407 e. The van der Waals surface area contributed by atoms with E-state index in [1.165, 1.54) is 5.56 Å². The summed E-state index contributed by atoms with van der Waals surface area (Å²) in [7, 11) is 0. The van der Waals surface area contributed by atoms with Gasteiger partial charge in [-0.2, -0.15) is 0 Å². The van der Waals surface area contributed by atoms with E-state index < -0.39 is 17.7 Å². The van der Waals surface area contributed by atoms with Crippen LogP contribution in [0.4, 0.5) is 4.79 Å². The number of carbonyl (C=O) groups excluding carboxylic acids is 3. The van der Waals surface area contributed by atoms with Crippen molar-refractivity contribution >= 4 is 17.9 Å². The molecule has 0 radical (unpaired) electrons. The van der Waals surface area contributed by atoms with Crippen LogP contribution in [0.15, 0.2) is 60.7 Å². The van der Waals surface area contributed by atoms with E-state index in [1.54, 1.807) is 0 Å². The monoisotopic (exact) mass is 546 g/mol. The van der Waals surface area contributed by atoms with Gasteiger partial charge in [0, 0.05) is 32.7 Å². The van der Waals surface area contributed by atoms with E-state index in [-0.39, 0.29) is 18.4 Å². The van der Waals surface area contributed by atoms with Crippen LogP contribution in [0.1, 0.15) is 56.1 Å². The Labute approximate surface area is 237 Å². The maximum atomic E-state index is 13.7. The first-order valence-electron chi connectivity index (χ1n) is 14.9. The van der Waals surface area contributed by atoms with Crippen molar-refractivity contribution in [3.8, 4) is 0 Å². The van der Waals surface area contributed by atoms with Crippen molar-refractivity contribution in [2.24, 2.45) is 5.92 Å². The maximum Gasteiger partial charge on any atom is 0.407 e. The van der Waals surface area contributed by atoms with Crippen LogP contribution < -0.4 is 10.6 Å². The first kappa shape index (κ1) is 28.1. The molecule has 1 aliphatic carbocycles. The van der Waals surface area contributed by atoms with Gasteiger partial charge in [-0.1, -0.05) is 60.7 Å². The number of carbonyl (C=O) groups is 3. The molecule has 2 saturated heterocycles. The Hall–Kier alpha value is -3.39. The van der Waals surface area contributed by atoms with Crippen molar-refractivity contribution in [1.82, 2.24) is 20.4 Å². The van der Waals surface area contributed by atoms with Gasteiger partial charge >= 0.3 is 6.09 Å². The minimum absolute atomic E-state index is 0.0167. The molecule has 2 aromatic rings. The molecule has 0 bridgehead atoms. The van der Waals surface area contributed by atoms with Gasteiger partial charge in [-0.15, -0.1) is 0 Å². The van der Waals surface area contributed by atoms with Gasteiger partial charge in [0.2, 0.25) is 11.8 Å². The zero-order chi connectivity index (χ0) is 27.8. The molecule has 3 aliphatic rings. The van der Waals surface area contributed by atoms with Gasteiger partial charge in [0.1, 0.15) is 18.2 Å². The lowest BCUT2D eigenvalue weighted by molar-refractivity contribution is -0.161. The fourth-order valence-electron chi connectivity index (χ4n) is 5.91. The highest BCUT2D eigenvalue weighted by Gasteiger charge is 2.54. The number of piperidine rings is 1. The number of rotatable bonds is 12. The number of nitrogens with one attached hydrogen (secondary N) is 2. The van der Waals surface area contributed by atoms with Crippen molar-refractivity contribution < 1.29 is 19.1 Å². The molecule has 2 heterocycles.